The first kappa shape index (κ1) is 25.1. The van der Waals surface area contributed by atoms with Crippen LogP contribution in [0.15, 0.2) is 71.7 Å². The van der Waals surface area contributed by atoms with Crippen molar-refractivity contribution in [2.45, 2.75) is 36.8 Å². The number of aromatic nitrogens is 2. The summed E-state index contributed by atoms with van der Waals surface area (Å²) in [6.45, 7) is 7.10. The first-order chi connectivity index (χ1) is 17.0. The van der Waals surface area contributed by atoms with Crippen LogP contribution in [0.5, 0.6) is 0 Å². The third-order valence-electron chi connectivity index (χ3n) is 6.40. The molecule has 0 N–H and O–H groups in total. The number of thiazole rings is 1. The van der Waals surface area contributed by atoms with E-state index in [0.29, 0.717) is 30.1 Å². The van der Waals surface area contributed by atoms with Gasteiger partial charge in [-0.15, -0.1) is 29.7 Å². The second-order valence-corrected chi connectivity index (χ2v) is 10.5. The van der Waals surface area contributed by atoms with Gasteiger partial charge in [-0.05, 0) is 37.5 Å². The van der Waals surface area contributed by atoms with Gasteiger partial charge in [0.1, 0.15) is 10.7 Å². The molecule has 35 heavy (non-hydrogen) atoms. The first-order valence-electron chi connectivity index (χ1n) is 11.7. The maximum atomic E-state index is 13.2. The fourth-order valence-electron chi connectivity index (χ4n) is 4.19. The minimum absolute atomic E-state index is 0.0228. The summed E-state index contributed by atoms with van der Waals surface area (Å²) in [5.41, 5.74) is 2.24. The van der Waals surface area contributed by atoms with Crippen molar-refractivity contribution in [2.24, 2.45) is 0 Å². The van der Waals surface area contributed by atoms with E-state index in [1.165, 1.54) is 11.8 Å². The Hall–Kier alpha value is -2.97. The van der Waals surface area contributed by atoms with Crippen molar-refractivity contribution >= 4 is 34.9 Å². The Balaban J connectivity index is 1.37. The summed E-state index contributed by atoms with van der Waals surface area (Å²) in [6, 6.07) is 13.6. The summed E-state index contributed by atoms with van der Waals surface area (Å²) in [4.78, 5) is 39.0. The SMILES string of the molecule is C=CCSc1ncccc1C(=O)N1CCC(c2nc(C(=O)N(C)C(C)c3ccccc3)cs2)CC1. The Labute approximate surface area is 215 Å². The molecule has 0 bridgehead atoms. The molecule has 8 heteroatoms. The Morgan fingerprint density at radius 1 is 1.23 bits per heavy atom. The van der Waals surface area contributed by atoms with Crippen molar-refractivity contribution in [3.8, 4) is 0 Å². The van der Waals surface area contributed by atoms with Crippen LogP contribution in [0.4, 0.5) is 0 Å². The number of thioether (sulfide) groups is 1. The van der Waals surface area contributed by atoms with Crippen molar-refractivity contribution in [3.05, 3.63) is 88.5 Å². The van der Waals surface area contributed by atoms with Crippen LogP contribution >= 0.6 is 23.1 Å². The van der Waals surface area contributed by atoms with Crippen LogP contribution in [0.3, 0.4) is 0 Å². The van der Waals surface area contributed by atoms with Gasteiger partial charge < -0.3 is 9.80 Å². The van der Waals surface area contributed by atoms with Gasteiger partial charge in [-0.1, -0.05) is 36.4 Å². The lowest BCUT2D eigenvalue weighted by molar-refractivity contribution is 0.0708. The molecule has 0 aliphatic carbocycles. The molecule has 1 saturated heterocycles. The molecule has 182 valence electrons. The summed E-state index contributed by atoms with van der Waals surface area (Å²) in [5.74, 6) is 0.919. The summed E-state index contributed by atoms with van der Waals surface area (Å²) < 4.78 is 0. The minimum atomic E-state index is -0.0717. The maximum Gasteiger partial charge on any atom is 0.273 e. The quantitative estimate of drug-likeness (QED) is 0.291. The van der Waals surface area contributed by atoms with Crippen LogP contribution in [0, 0.1) is 0 Å². The number of pyridine rings is 1. The molecule has 1 aromatic carbocycles. The Kier molecular flexibility index (Phi) is 8.36. The van der Waals surface area contributed by atoms with Crippen LogP contribution in [0.2, 0.25) is 0 Å². The Morgan fingerprint density at radius 2 is 1.97 bits per heavy atom. The number of carbonyl (C=O) groups is 2. The molecule has 0 saturated carbocycles. The second-order valence-electron chi connectivity index (χ2n) is 8.60. The Bertz CT molecular complexity index is 1170. The summed E-state index contributed by atoms with van der Waals surface area (Å²) >= 11 is 3.07. The molecule has 1 aliphatic rings. The maximum absolute atomic E-state index is 13.2. The normalized spacial score (nSPS) is 15.0. The second kappa shape index (κ2) is 11.6. The van der Waals surface area contributed by atoms with Crippen LogP contribution in [-0.4, -0.2) is 57.5 Å². The van der Waals surface area contributed by atoms with Gasteiger partial charge in [-0.25, -0.2) is 9.97 Å². The number of benzene rings is 1. The molecule has 1 aliphatic heterocycles. The summed E-state index contributed by atoms with van der Waals surface area (Å²) in [7, 11) is 1.82. The van der Waals surface area contributed by atoms with Crippen molar-refractivity contribution in [3.63, 3.8) is 0 Å². The van der Waals surface area contributed by atoms with E-state index in [2.05, 4.69) is 11.6 Å². The van der Waals surface area contributed by atoms with Gasteiger partial charge in [0.2, 0.25) is 0 Å². The van der Waals surface area contributed by atoms with Gasteiger partial charge in [0.25, 0.3) is 11.8 Å². The average molecular weight is 507 g/mol. The van der Waals surface area contributed by atoms with Crippen molar-refractivity contribution in [2.75, 3.05) is 25.9 Å². The third kappa shape index (κ3) is 5.82. The molecule has 2 amide bonds. The number of hydrogen-bond donors (Lipinski definition) is 0. The Morgan fingerprint density at radius 3 is 2.69 bits per heavy atom. The van der Waals surface area contributed by atoms with Gasteiger partial charge in [0.15, 0.2) is 0 Å². The number of hydrogen-bond acceptors (Lipinski definition) is 6. The molecule has 0 radical (unpaired) electrons. The van der Waals surface area contributed by atoms with E-state index in [1.807, 2.05) is 72.8 Å². The van der Waals surface area contributed by atoms with E-state index in [1.54, 1.807) is 22.4 Å². The highest BCUT2D eigenvalue weighted by Gasteiger charge is 2.29. The molecule has 3 heterocycles. The molecule has 4 rings (SSSR count). The van der Waals surface area contributed by atoms with E-state index in [0.717, 1.165) is 28.4 Å². The number of rotatable bonds is 8. The lowest BCUT2D eigenvalue weighted by Gasteiger charge is -2.31. The van der Waals surface area contributed by atoms with Gasteiger partial charge in [-0.3, -0.25) is 9.59 Å². The van der Waals surface area contributed by atoms with Gasteiger partial charge >= 0.3 is 0 Å². The van der Waals surface area contributed by atoms with Crippen LogP contribution in [0.1, 0.15) is 63.1 Å². The summed E-state index contributed by atoms with van der Waals surface area (Å²) in [6.07, 6.45) is 5.19. The monoisotopic (exact) mass is 506 g/mol. The molecular weight excluding hydrogens is 476 g/mol. The van der Waals surface area contributed by atoms with E-state index in [9.17, 15) is 9.59 Å². The fraction of sp³-hybridized carbons (Fsp3) is 0.333. The number of amides is 2. The molecule has 1 atom stereocenters. The minimum Gasteiger partial charge on any atom is -0.339 e. The average Bonchev–Trinajstić information content (AvgIpc) is 3.41. The highest BCUT2D eigenvalue weighted by molar-refractivity contribution is 7.99. The molecule has 3 aromatic rings. The fourth-order valence-corrected chi connectivity index (χ4v) is 5.88. The van der Waals surface area contributed by atoms with Crippen molar-refractivity contribution in [1.82, 2.24) is 19.8 Å². The molecule has 2 aromatic heterocycles. The first-order valence-corrected chi connectivity index (χ1v) is 13.6. The number of nitrogens with zero attached hydrogens (tertiary/aromatic N) is 4. The molecule has 1 unspecified atom stereocenters. The molecule has 1 fully saturated rings. The topological polar surface area (TPSA) is 66.4 Å². The lowest BCUT2D eigenvalue weighted by atomic mass is 9.97. The smallest absolute Gasteiger partial charge is 0.273 e. The third-order valence-corrected chi connectivity index (χ3v) is 8.40. The van der Waals surface area contributed by atoms with Crippen LogP contribution in [-0.2, 0) is 0 Å². The predicted molar refractivity (Wildman–Crippen MR) is 142 cm³/mol. The molecular formula is C27H30N4O2S2. The van der Waals surface area contributed by atoms with Crippen LogP contribution < -0.4 is 0 Å². The standard InChI is InChI=1S/C27H30N4O2S2/c1-4-17-34-25-22(11-8-14-28-25)26(32)31-15-12-21(13-16-31)24-29-23(18-35-24)27(33)30(3)19(2)20-9-6-5-7-10-20/h4-11,14,18-19,21H,1,12-13,15-17H2,2-3H3. The summed E-state index contributed by atoms with van der Waals surface area (Å²) in [5, 5.41) is 3.59. The largest absolute Gasteiger partial charge is 0.339 e. The van der Waals surface area contributed by atoms with E-state index in [-0.39, 0.29) is 23.8 Å². The van der Waals surface area contributed by atoms with Crippen LogP contribution in [0.25, 0.3) is 0 Å². The molecule has 0 spiro atoms. The number of piperidine rings is 1. The predicted octanol–water partition coefficient (Wildman–Crippen LogP) is 5.67. The zero-order valence-electron chi connectivity index (χ0n) is 20.1. The molecule has 6 nitrogen and oxygen atoms in total. The van der Waals surface area contributed by atoms with Gasteiger partial charge in [-0.2, -0.15) is 0 Å². The number of carbonyl (C=O) groups excluding carboxylic acids is 2. The van der Waals surface area contributed by atoms with E-state index < -0.39 is 0 Å². The van der Waals surface area contributed by atoms with E-state index >= 15 is 0 Å². The zero-order valence-corrected chi connectivity index (χ0v) is 21.7. The van der Waals surface area contributed by atoms with Gasteiger partial charge in [0.05, 0.1) is 16.6 Å². The highest BCUT2D eigenvalue weighted by atomic mass is 32.2. The number of likely N-dealkylation sites (tertiary alicyclic amines) is 1. The van der Waals surface area contributed by atoms with Crippen molar-refractivity contribution < 1.29 is 9.59 Å². The van der Waals surface area contributed by atoms with Crippen molar-refractivity contribution in [1.29, 1.82) is 0 Å². The zero-order chi connectivity index (χ0) is 24.8. The highest BCUT2D eigenvalue weighted by Crippen LogP contribution is 2.32. The van der Waals surface area contributed by atoms with E-state index in [4.69, 9.17) is 4.98 Å². The van der Waals surface area contributed by atoms with Gasteiger partial charge in [0, 0.05) is 43.4 Å². The lowest BCUT2D eigenvalue weighted by Crippen LogP contribution is -2.38.